The molecule has 1 amide bonds. The number of alkyl halides is 3. The smallest absolute Gasteiger partial charge is 0.309 e. The fraction of sp³-hybridized carbons (Fsp3) is 0.500. The van der Waals surface area contributed by atoms with Crippen LogP contribution in [0.2, 0.25) is 10.0 Å². The number of nitrogens with zero attached hydrogens (tertiary/aromatic N) is 3. The van der Waals surface area contributed by atoms with Gasteiger partial charge in [0.25, 0.3) is 5.91 Å². The number of carboxylic acid groups (broad SMARTS) is 1. The first kappa shape index (κ1) is 31.0. The number of hydrogen-bond donors (Lipinski definition) is 1. The van der Waals surface area contributed by atoms with Gasteiger partial charge in [-0.1, -0.05) is 29.3 Å². The standard InChI is InChI=1S/C28H29Cl2F4N3O4/c1-3-6-28(33,34)23-18(13-35-37(23)17-4-7-26(2,8-5-17)25(40)41)24(39)36(15-27(32)9-10-27)14-21(38)22-19(29)11-16(31)12-20(22)30/h3,6,11-13,17H,4-5,7-10,14-15H2,1-2H3,(H,40,41)/b6-3+. The summed E-state index contributed by atoms with van der Waals surface area (Å²) in [5.74, 6) is -7.32. The van der Waals surface area contributed by atoms with E-state index >= 15 is 8.78 Å². The van der Waals surface area contributed by atoms with Crippen LogP contribution < -0.4 is 0 Å². The molecule has 0 spiro atoms. The molecule has 2 aromatic rings. The fourth-order valence-corrected chi connectivity index (χ4v) is 5.85. The predicted octanol–water partition coefficient (Wildman–Crippen LogP) is 7.03. The highest BCUT2D eigenvalue weighted by Crippen LogP contribution is 2.44. The highest BCUT2D eigenvalue weighted by molar-refractivity contribution is 6.40. The molecule has 1 aromatic heterocycles. The van der Waals surface area contributed by atoms with Crippen LogP contribution >= 0.6 is 23.2 Å². The molecule has 0 unspecified atom stereocenters. The Balaban J connectivity index is 1.71. The van der Waals surface area contributed by atoms with Gasteiger partial charge in [-0.2, -0.15) is 13.9 Å². The molecule has 7 nitrogen and oxygen atoms in total. The average Bonchev–Trinajstić information content (AvgIpc) is 3.42. The molecule has 1 heterocycles. The number of carbonyl (C=O) groups is 3. The van der Waals surface area contributed by atoms with E-state index in [0.717, 1.165) is 34.0 Å². The number of carboxylic acids is 1. The van der Waals surface area contributed by atoms with E-state index in [1.807, 2.05) is 0 Å². The van der Waals surface area contributed by atoms with Gasteiger partial charge in [0.1, 0.15) is 17.2 Å². The van der Waals surface area contributed by atoms with Gasteiger partial charge in [0.2, 0.25) is 0 Å². The highest BCUT2D eigenvalue weighted by Gasteiger charge is 2.48. The molecule has 0 aliphatic heterocycles. The van der Waals surface area contributed by atoms with Crippen molar-refractivity contribution in [2.24, 2.45) is 5.41 Å². The molecule has 0 radical (unpaired) electrons. The zero-order valence-electron chi connectivity index (χ0n) is 22.4. The maximum Gasteiger partial charge on any atom is 0.309 e. The number of aliphatic carboxylic acids is 1. The van der Waals surface area contributed by atoms with Crippen molar-refractivity contribution in [2.75, 3.05) is 13.1 Å². The normalized spacial score (nSPS) is 22.1. The van der Waals surface area contributed by atoms with Gasteiger partial charge in [-0.25, -0.2) is 8.78 Å². The van der Waals surface area contributed by atoms with Crippen molar-refractivity contribution in [3.63, 3.8) is 0 Å². The molecular weight excluding hydrogens is 589 g/mol. The second kappa shape index (κ2) is 11.4. The summed E-state index contributed by atoms with van der Waals surface area (Å²) in [5.41, 5.74) is -4.33. The third-order valence-electron chi connectivity index (χ3n) is 7.81. The highest BCUT2D eigenvalue weighted by atomic mass is 35.5. The largest absolute Gasteiger partial charge is 0.481 e. The molecule has 41 heavy (non-hydrogen) atoms. The molecule has 0 saturated heterocycles. The first-order valence-corrected chi connectivity index (χ1v) is 13.9. The number of benzene rings is 1. The van der Waals surface area contributed by atoms with Crippen LogP contribution in [0.4, 0.5) is 17.6 Å². The summed E-state index contributed by atoms with van der Waals surface area (Å²) in [6.07, 6.45) is 3.82. The summed E-state index contributed by atoms with van der Waals surface area (Å²) in [6, 6.07) is 1.12. The van der Waals surface area contributed by atoms with Gasteiger partial charge in [-0.3, -0.25) is 19.1 Å². The Morgan fingerprint density at radius 3 is 2.27 bits per heavy atom. The van der Waals surface area contributed by atoms with Crippen LogP contribution in [-0.2, 0) is 10.7 Å². The van der Waals surface area contributed by atoms with E-state index in [1.54, 1.807) is 6.92 Å². The Bertz CT molecular complexity index is 1380. The second-order valence-electron chi connectivity index (χ2n) is 11.1. The molecule has 2 aliphatic rings. The van der Waals surface area contributed by atoms with Gasteiger partial charge < -0.3 is 10.0 Å². The molecule has 0 bridgehead atoms. The van der Waals surface area contributed by atoms with Crippen LogP contribution in [0, 0.1) is 11.2 Å². The first-order valence-electron chi connectivity index (χ1n) is 13.1. The maximum atomic E-state index is 15.6. The number of allylic oxidation sites excluding steroid dienone is 2. The topological polar surface area (TPSA) is 92.5 Å². The quantitative estimate of drug-likeness (QED) is 0.175. The van der Waals surface area contributed by atoms with Crippen molar-refractivity contribution < 1.29 is 37.1 Å². The number of amides is 1. The molecular formula is C28H29Cl2F4N3O4. The molecule has 1 aromatic carbocycles. The van der Waals surface area contributed by atoms with Crippen molar-refractivity contribution in [3.8, 4) is 0 Å². The van der Waals surface area contributed by atoms with E-state index in [1.165, 1.54) is 6.92 Å². The lowest BCUT2D eigenvalue weighted by atomic mass is 9.74. The predicted molar refractivity (Wildman–Crippen MR) is 144 cm³/mol. The number of ketones is 1. The van der Waals surface area contributed by atoms with Gasteiger partial charge in [-0.05, 0) is 70.6 Å². The molecule has 2 fully saturated rings. The Morgan fingerprint density at radius 1 is 1.17 bits per heavy atom. The second-order valence-corrected chi connectivity index (χ2v) is 11.9. The number of halogens is 6. The Morgan fingerprint density at radius 2 is 1.76 bits per heavy atom. The van der Waals surface area contributed by atoms with Crippen molar-refractivity contribution in [1.82, 2.24) is 14.7 Å². The van der Waals surface area contributed by atoms with Crippen LogP contribution in [0.15, 0.2) is 30.5 Å². The van der Waals surface area contributed by atoms with Crippen LogP contribution in [0.1, 0.15) is 84.8 Å². The van der Waals surface area contributed by atoms with E-state index < -0.39 is 70.9 Å². The SMILES string of the molecule is C/C=C/C(F)(F)c1c(C(=O)N(CC(=O)c2c(Cl)cc(F)cc2Cl)CC2(F)CC2)cnn1C1CCC(C)(C(=O)O)CC1. The molecule has 1 N–H and O–H groups in total. The minimum Gasteiger partial charge on any atom is -0.481 e. The van der Waals surface area contributed by atoms with Gasteiger partial charge in [-0.15, -0.1) is 0 Å². The van der Waals surface area contributed by atoms with Gasteiger partial charge in [0.15, 0.2) is 5.78 Å². The van der Waals surface area contributed by atoms with Crippen LogP contribution in [-0.4, -0.2) is 56.2 Å². The third-order valence-corrected chi connectivity index (χ3v) is 8.41. The van der Waals surface area contributed by atoms with Gasteiger partial charge >= 0.3 is 11.9 Å². The molecule has 0 atom stereocenters. The van der Waals surface area contributed by atoms with E-state index in [-0.39, 0.29) is 54.1 Å². The lowest BCUT2D eigenvalue weighted by molar-refractivity contribution is -0.150. The van der Waals surface area contributed by atoms with Crippen LogP contribution in [0.3, 0.4) is 0 Å². The fourth-order valence-electron chi connectivity index (χ4n) is 5.18. The number of hydrogen-bond acceptors (Lipinski definition) is 4. The molecule has 2 aliphatic carbocycles. The van der Waals surface area contributed by atoms with E-state index in [4.69, 9.17) is 23.2 Å². The van der Waals surface area contributed by atoms with Crippen molar-refractivity contribution in [1.29, 1.82) is 0 Å². The summed E-state index contributed by atoms with van der Waals surface area (Å²) in [5, 5.41) is 13.0. The lowest BCUT2D eigenvalue weighted by Crippen LogP contribution is -2.41. The van der Waals surface area contributed by atoms with Crippen molar-refractivity contribution in [2.45, 2.75) is 70.0 Å². The molecule has 13 heteroatoms. The molecule has 2 saturated carbocycles. The maximum absolute atomic E-state index is 15.6. The van der Waals surface area contributed by atoms with Crippen molar-refractivity contribution in [3.05, 3.63) is 63.2 Å². The van der Waals surface area contributed by atoms with E-state index in [0.29, 0.717) is 6.08 Å². The summed E-state index contributed by atoms with van der Waals surface area (Å²) >= 11 is 12.0. The number of Topliss-reactive ketones (excluding diaryl/α,β-unsaturated/α-hetero) is 1. The average molecular weight is 618 g/mol. The van der Waals surface area contributed by atoms with E-state index in [9.17, 15) is 28.3 Å². The minimum absolute atomic E-state index is 0.119. The Hall–Kier alpha value is -2.92. The summed E-state index contributed by atoms with van der Waals surface area (Å²) < 4.78 is 60.8. The zero-order chi connectivity index (χ0) is 30.3. The number of rotatable bonds is 10. The number of carbonyl (C=O) groups excluding carboxylic acids is 2. The van der Waals surface area contributed by atoms with Gasteiger partial charge in [0.05, 0.1) is 51.9 Å². The van der Waals surface area contributed by atoms with Crippen LogP contribution in [0.25, 0.3) is 0 Å². The molecule has 4 rings (SSSR count). The van der Waals surface area contributed by atoms with Gasteiger partial charge in [0, 0.05) is 0 Å². The Labute approximate surface area is 244 Å². The monoisotopic (exact) mass is 617 g/mol. The summed E-state index contributed by atoms with van der Waals surface area (Å²) in [7, 11) is 0. The lowest BCUT2D eigenvalue weighted by Gasteiger charge is -2.35. The zero-order valence-corrected chi connectivity index (χ0v) is 23.9. The van der Waals surface area contributed by atoms with E-state index in [2.05, 4.69) is 5.10 Å². The summed E-state index contributed by atoms with van der Waals surface area (Å²) in [6.45, 7) is 1.68. The molecule has 222 valence electrons. The number of aromatic nitrogens is 2. The van der Waals surface area contributed by atoms with Crippen LogP contribution in [0.5, 0.6) is 0 Å². The first-order chi connectivity index (χ1) is 19.1. The minimum atomic E-state index is -3.67. The Kier molecular flexibility index (Phi) is 8.62. The summed E-state index contributed by atoms with van der Waals surface area (Å²) in [4.78, 5) is 39.5. The third kappa shape index (κ3) is 6.45. The van der Waals surface area contributed by atoms with Crippen molar-refractivity contribution >= 4 is 40.9 Å².